The van der Waals surface area contributed by atoms with E-state index in [1.165, 1.54) is 88.6 Å². The van der Waals surface area contributed by atoms with Crippen molar-refractivity contribution in [1.29, 1.82) is 0 Å². The number of anilines is 2. The molecule has 1 aliphatic carbocycles. The van der Waals surface area contributed by atoms with E-state index in [1.54, 1.807) is 0 Å². The highest BCUT2D eigenvalue weighted by atomic mass is 16.3. The van der Waals surface area contributed by atoms with E-state index in [9.17, 15) is 0 Å². The Labute approximate surface area is 372 Å². The zero-order valence-corrected chi connectivity index (χ0v) is 37.6. The van der Waals surface area contributed by atoms with Crippen LogP contribution in [0.4, 0.5) is 11.4 Å². The van der Waals surface area contributed by atoms with Crippen LogP contribution in [-0.2, 0) is 16.2 Å². The second-order valence-electron chi connectivity index (χ2n) is 21.3. The summed E-state index contributed by atoms with van der Waals surface area (Å²) in [6.07, 6.45) is 0. The van der Waals surface area contributed by atoms with Crippen molar-refractivity contribution in [2.75, 3.05) is 4.81 Å². The lowest BCUT2D eigenvalue weighted by Gasteiger charge is -2.43. The third-order valence-electron chi connectivity index (χ3n) is 15.2. The van der Waals surface area contributed by atoms with Crippen molar-refractivity contribution in [2.45, 2.75) is 71.6 Å². The molecule has 11 aromatic rings. The summed E-state index contributed by atoms with van der Waals surface area (Å²) in [7, 11) is 0. The summed E-state index contributed by atoms with van der Waals surface area (Å²) in [6, 6.07) is 52.5. The van der Waals surface area contributed by atoms with E-state index in [1.807, 2.05) is 0 Å². The standard InChI is InChI=1S/C59H47BN2O2/c1-57(2,3)32-21-24-34(25-22-32)62-45-28-38-35-15-10-13-19-47(35)63-49(38)30-41(45)53-54-51(37-17-9-12-18-42(37)59(54,7)8)52-40-27-33(58(4,5)6)23-26-44(40)61-46-29-39-36-16-11-14-20-48(36)64-50(39)31-43(46)60(62)55(53)56(52)61/h9-31H,1-8H3. The highest BCUT2D eigenvalue weighted by Crippen LogP contribution is 2.59. The molecule has 14 rings (SSSR count). The van der Waals surface area contributed by atoms with Gasteiger partial charge in [0.25, 0.3) is 0 Å². The van der Waals surface area contributed by atoms with Gasteiger partial charge in [0, 0.05) is 60.4 Å². The molecule has 0 amide bonds. The van der Waals surface area contributed by atoms with Gasteiger partial charge in [0.05, 0.1) is 11.0 Å². The molecule has 0 fully saturated rings. The summed E-state index contributed by atoms with van der Waals surface area (Å²) in [5, 5.41) is 7.18. The minimum Gasteiger partial charge on any atom is -0.456 e. The van der Waals surface area contributed by atoms with Crippen LogP contribution in [0.3, 0.4) is 0 Å². The topological polar surface area (TPSA) is 34.5 Å². The first-order valence-electron chi connectivity index (χ1n) is 22.9. The summed E-state index contributed by atoms with van der Waals surface area (Å²) >= 11 is 0. The minimum atomic E-state index is -0.299. The molecule has 0 saturated heterocycles. The van der Waals surface area contributed by atoms with Crippen LogP contribution < -0.4 is 15.7 Å². The first-order chi connectivity index (χ1) is 30.8. The van der Waals surface area contributed by atoms with Gasteiger partial charge in [-0.15, -0.1) is 0 Å². The maximum Gasteiger partial charge on any atom is 0.333 e. The summed E-state index contributed by atoms with van der Waals surface area (Å²) in [5.74, 6) is 0. The fourth-order valence-electron chi connectivity index (χ4n) is 12.2. The number of rotatable bonds is 1. The predicted octanol–water partition coefficient (Wildman–Crippen LogP) is 14.7. The molecule has 5 heteroatoms. The van der Waals surface area contributed by atoms with Crippen LogP contribution in [-0.4, -0.2) is 11.4 Å². The van der Waals surface area contributed by atoms with Crippen LogP contribution in [0.15, 0.2) is 148 Å². The predicted molar refractivity (Wildman–Crippen MR) is 269 cm³/mol. The monoisotopic (exact) mass is 826 g/mol. The van der Waals surface area contributed by atoms with Crippen molar-refractivity contribution < 1.29 is 8.83 Å². The summed E-state index contributed by atoms with van der Waals surface area (Å²) in [5.41, 5.74) is 22.6. The fourth-order valence-corrected chi connectivity index (χ4v) is 12.2. The lowest BCUT2D eigenvalue weighted by molar-refractivity contribution is 0.590. The lowest BCUT2D eigenvalue weighted by atomic mass is 9.43. The third-order valence-corrected chi connectivity index (χ3v) is 15.2. The SMILES string of the molecule is CC(C)(C)c1ccc(N2B3c4cc5oc6ccccc6c5cc4-n4c5ccc(C(C)(C)C)cc5c5c6c(c(c3c54)-c3cc4oc5ccccc5c4cc32)C(C)(C)c2ccccc2-6)cc1. The number of benzene rings is 8. The smallest absolute Gasteiger partial charge is 0.333 e. The van der Waals surface area contributed by atoms with Gasteiger partial charge in [-0.25, -0.2) is 0 Å². The second-order valence-corrected chi connectivity index (χ2v) is 21.3. The molecule has 5 heterocycles. The first kappa shape index (κ1) is 36.5. The molecule has 64 heavy (non-hydrogen) atoms. The molecule has 4 nitrogen and oxygen atoms in total. The maximum atomic E-state index is 6.81. The summed E-state index contributed by atoms with van der Waals surface area (Å²) < 4.78 is 16.2. The van der Waals surface area contributed by atoms with Crippen LogP contribution >= 0.6 is 0 Å². The molecule has 0 N–H and O–H groups in total. The third kappa shape index (κ3) is 4.49. The van der Waals surface area contributed by atoms with E-state index in [4.69, 9.17) is 8.83 Å². The van der Waals surface area contributed by atoms with Gasteiger partial charge in [0.1, 0.15) is 22.3 Å². The molecule has 0 unspecified atom stereocenters. The number of hydrogen-bond acceptors (Lipinski definition) is 3. The average molecular weight is 827 g/mol. The first-order valence-corrected chi connectivity index (χ1v) is 22.9. The minimum absolute atomic E-state index is 0.0112. The number of hydrogen-bond donors (Lipinski definition) is 0. The van der Waals surface area contributed by atoms with Crippen molar-refractivity contribution >= 4 is 94.8 Å². The molecule has 308 valence electrons. The molecule has 0 saturated carbocycles. The van der Waals surface area contributed by atoms with Gasteiger partial charge < -0.3 is 18.2 Å². The summed E-state index contributed by atoms with van der Waals surface area (Å²) in [6.45, 7) is 18.6. The Balaban J connectivity index is 1.24. The Morgan fingerprint density at radius 1 is 0.516 bits per heavy atom. The molecule has 0 spiro atoms. The molecule has 0 atom stereocenters. The van der Waals surface area contributed by atoms with Crippen molar-refractivity contribution in [3.8, 4) is 27.9 Å². The van der Waals surface area contributed by atoms with Crippen LogP contribution in [0.1, 0.15) is 77.6 Å². The van der Waals surface area contributed by atoms with Crippen LogP contribution in [0.5, 0.6) is 0 Å². The molecule has 0 bridgehead atoms. The van der Waals surface area contributed by atoms with Gasteiger partial charge >= 0.3 is 6.85 Å². The van der Waals surface area contributed by atoms with Crippen molar-refractivity contribution in [3.05, 3.63) is 162 Å². The van der Waals surface area contributed by atoms with Gasteiger partial charge in [-0.3, -0.25) is 0 Å². The molecular formula is C59H47BN2O2. The van der Waals surface area contributed by atoms with Crippen molar-refractivity contribution in [2.24, 2.45) is 0 Å². The Hall–Kier alpha value is -6.98. The van der Waals surface area contributed by atoms with Crippen LogP contribution in [0, 0.1) is 0 Å². The van der Waals surface area contributed by atoms with Gasteiger partial charge in [-0.05, 0) is 121 Å². The Bertz CT molecular complexity index is 3900. The zero-order valence-electron chi connectivity index (χ0n) is 37.6. The number of para-hydroxylation sites is 2. The highest BCUT2D eigenvalue weighted by molar-refractivity contribution is 6.94. The fraction of sp³-hybridized carbons (Fsp3) is 0.186. The van der Waals surface area contributed by atoms with E-state index in [0.29, 0.717) is 0 Å². The van der Waals surface area contributed by atoms with Gasteiger partial charge in [-0.1, -0.05) is 134 Å². The van der Waals surface area contributed by atoms with Gasteiger partial charge in [-0.2, -0.15) is 0 Å². The number of fused-ring (bicyclic) bond motifs is 19. The van der Waals surface area contributed by atoms with Crippen LogP contribution in [0.2, 0.25) is 0 Å². The zero-order chi connectivity index (χ0) is 43.3. The molecular weight excluding hydrogens is 779 g/mol. The lowest BCUT2D eigenvalue weighted by Crippen LogP contribution is -2.61. The average Bonchev–Trinajstić information content (AvgIpc) is 4.00. The van der Waals surface area contributed by atoms with Gasteiger partial charge in [0.2, 0.25) is 0 Å². The largest absolute Gasteiger partial charge is 0.456 e. The number of nitrogens with zero attached hydrogens (tertiary/aromatic N) is 2. The number of furan rings is 2. The van der Waals surface area contributed by atoms with Crippen LogP contribution in [0.25, 0.3) is 93.6 Å². The Kier molecular flexibility index (Phi) is 6.72. The van der Waals surface area contributed by atoms with E-state index >= 15 is 0 Å². The molecule has 2 aliphatic heterocycles. The number of aromatic nitrogens is 1. The Morgan fingerprint density at radius 3 is 1.81 bits per heavy atom. The van der Waals surface area contributed by atoms with E-state index in [2.05, 4.69) is 204 Å². The quantitative estimate of drug-likeness (QED) is 0.155. The van der Waals surface area contributed by atoms with E-state index in [-0.39, 0.29) is 23.1 Å². The van der Waals surface area contributed by atoms with Crippen molar-refractivity contribution in [1.82, 2.24) is 4.57 Å². The normalized spacial score (nSPS) is 14.9. The molecule has 3 aromatic heterocycles. The van der Waals surface area contributed by atoms with Crippen molar-refractivity contribution in [3.63, 3.8) is 0 Å². The maximum absolute atomic E-state index is 6.81. The van der Waals surface area contributed by atoms with E-state index < -0.39 is 0 Å². The summed E-state index contributed by atoms with van der Waals surface area (Å²) in [4.78, 5) is 2.65. The highest BCUT2D eigenvalue weighted by Gasteiger charge is 2.50. The second kappa shape index (κ2) is 11.8. The van der Waals surface area contributed by atoms with Gasteiger partial charge in [0.15, 0.2) is 0 Å². The molecule has 0 radical (unpaired) electrons. The Morgan fingerprint density at radius 2 is 1.12 bits per heavy atom. The molecule has 8 aromatic carbocycles. The molecule has 3 aliphatic rings. The van der Waals surface area contributed by atoms with E-state index in [0.717, 1.165) is 49.6 Å².